The van der Waals surface area contributed by atoms with E-state index in [0.29, 0.717) is 18.1 Å². The molecule has 0 spiro atoms. The molecule has 0 unspecified atom stereocenters. The Labute approximate surface area is 145 Å². The number of nitrogens with zero attached hydrogens (tertiary/aromatic N) is 3. The number of fused-ring (bicyclic) bond motifs is 2. The summed E-state index contributed by atoms with van der Waals surface area (Å²) in [6.45, 7) is 1.58. The third-order valence-electron chi connectivity index (χ3n) is 4.51. The quantitative estimate of drug-likeness (QED) is 0.732. The Morgan fingerprint density at radius 3 is 2.68 bits per heavy atom. The van der Waals surface area contributed by atoms with Crippen LogP contribution in [-0.4, -0.2) is 44.6 Å². The van der Waals surface area contributed by atoms with Gasteiger partial charge in [0.05, 0.1) is 38.2 Å². The van der Waals surface area contributed by atoms with Gasteiger partial charge in [-0.25, -0.2) is 0 Å². The molecule has 3 aromatic rings. The number of methoxy groups -OCH3 is 2. The van der Waals surface area contributed by atoms with Gasteiger partial charge in [-0.15, -0.1) is 0 Å². The average Bonchev–Trinajstić information content (AvgIpc) is 2.66. The highest BCUT2D eigenvalue weighted by molar-refractivity contribution is 5.96. The molecule has 0 fully saturated rings. The third-order valence-corrected chi connectivity index (χ3v) is 4.51. The molecule has 0 aliphatic carbocycles. The Hall–Kier alpha value is -3.02. The summed E-state index contributed by atoms with van der Waals surface area (Å²) >= 11 is 0. The molecule has 0 saturated heterocycles. The second-order valence-corrected chi connectivity index (χ2v) is 5.94. The standard InChI is InChI=1S/C19H19N3O3/c1-22-6-7-25-17-8-12(4-5-16(17)22)14-11-20-21-15-10-19(24-3)18(23-2)9-13(14)15/h4-5,8-11H,6-7H2,1-3H3. The number of benzene rings is 2. The second kappa shape index (κ2) is 6.12. The van der Waals surface area contributed by atoms with E-state index >= 15 is 0 Å². The lowest BCUT2D eigenvalue weighted by atomic mass is 10.0. The first-order valence-corrected chi connectivity index (χ1v) is 8.07. The van der Waals surface area contributed by atoms with Crippen molar-refractivity contribution in [3.05, 3.63) is 36.5 Å². The van der Waals surface area contributed by atoms with E-state index in [2.05, 4.69) is 40.3 Å². The lowest BCUT2D eigenvalue weighted by Crippen LogP contribution is -2.28. The zero-order chi connectivity index (χ0) is 17.4. The van der Waals surface area contributed by atoms with E-state index in [0.717, 1.165) is 40.0 Å². The first-order valence-electron chi connectivity index (χ1n) is 8.07. The zero-order valence-electron chi connectivity index (χ0n) is 14.4. The molecule has 6 nitrogen and oxygen atoms in total. The lowest BCUT2D eigenvalue weighted by Gasteiger charge is -2.28. The molecule has 1 aliphatic heterocycles. The van der Waals surface area contributed by atoms with E-state index in [4.69, 9.17) is 14.2 Å². The summed E-state index contributed by atoms with van der Waals surface area (Å²) in [4.78, 5) is 2.19. The molecule has 128 valence electrons. The van der Waals surface area contributed by atoms with Crippen molar-refractivity contribution in [2.24, 2.45) is 0 Å². The number of hydrogen-bond acceptors (Lipinski definition) is 6. The summed E-state index contributed by atoms with van der Waals surface area (Å²) < 4.78 is 16.6. The number of hydrogen-bond donors (Lipinski definition) is 0. The Morgan fingerprint density at radius 1 is 1.08 bits per heavy atom. The van der Waals surface area contributed by atoms with Crippen molar-refractivity contribution in [2.45, 2.75) is 0 Å². The summed E-state index contributed by atoms with van der Waals surface area (Å²) in [7, 11) is 5.31. The van der Waals surface area contributed by atoms with Crippen LogP contribution in [0, 0.1) is 0 Å². The average molecular weight is 337 g/mol. The number of rotatable bonds is 3. The second-order valence-electron chi connectivity index (χ2n) is 5.94. The van der Waals surface area contributed by atoms with Crippen molar-refractivity contribution in [2.75, 3.05) is 39.3 Å². The molecular weight excluding hydrogens is 318 g/mol. The zero-order valence-corrected chi connectivity index (χ0v) is 14.4. The van der Waals surface area contributed by atoms with Gasteiger partial charge in [-0.3, -0.25) is 0 Å². The molecule has 0 amide bonds. The van der Waals surface area contributed by atoms with Gasteiger partial charge in [-0.05, 0) is 23.8 Å². The van der Waals surface area contributed by atoms with Gasteiger partial charge in [0.25, 0.3) is 0 Å². The van der Waals surface area contributed by atoms with Gasteiger partial charge in [0.15, 0.2) is 11.5 Å². The van der Waals surface area contributed by atoms with Crippen LogP contribution in [0.1, 0.15) is 0 Å². The molecule has 2 heterocycles. The van der Waals surface area contributed by atoms with E-state index in [-0.39, 0.29) is 0 Å². The predicted octanol–water partition coefficient (Wildman–Crippen LogP) is 3.14. The van der Waals surface area contributed by atoms with Crippen molar-refractivity contribution >= 4 is 16.6 Å². The fourth-order valence-corrected chi connectivity index (χ4v) is 3.14. The Kier molecular flexibility index (Phi) is 3.80. The van der Waals surface area contributed by atoms with Gasteiger partial charge in [-0.1, -0.05) is 6.07 Å². The number of anilines is 1. The molecule has 2 aromatic carbocycles. The van der Waals surface area contributed by atoms with Crippen molar-refractivity contribution in [3.63, 3.8) is 0 Å². The van der Waals surface area contributed by atoms with E-state index in [1.54, 1.807) is 20.4 Å². The van der Waals surface area contributed by atoms with Crippen LogP contribution in [0.25, 0.3) is 22.0 Å². The Balaban J connectivity index is 1.89. The normalized spacial score (nSPS) is 13.3. The first kappa shape index (κ1) is 15.5. The number of aromatic nitrogens is 2. The van der Waals surface area contributed by atoms with E-state index in [1.807, 2.05) is 12.1 Å². The minimum Gasteiger partial charge on any atom is -0.493 e. The maximum atomic E-state index is 5.83. The monoisotopic (exact) mass is 337 g/mol. The third kappa shape index (κ3) is 2.59. The van der Waals surface area contributed by atoms with Crippen molar-refractivity contribution in [1.82, 2.24) is 10.2 Å². The fourth-order valence-electron chi connectivity index (χ4n) is 3.14. The summed E-state index contributed by atoms with van der Waals surface area (Å²) in [5.41, 5.74) is 3.86. The number of ether oxygens (including phenoxy) is 3. The molecule has 1 aromatic heterocycles. The largest absolute Gasteiger partial charge is 0.493 e. The van der Waals surface area contributed by atoms with E-state index in [9.17, 15) is 0 Å². The van der Waals surface area contributed by atoms with Gasteiger partial charge < -0.3 is 19.1 Å². The van der Waals surface area contributed by atoms with Crippen LogP contribution < -0.4 is 19.1 Å². The molecule has 0 N–H and O–H groups in total. The van der Waals surface area contributed by atoms with Crippen molar-refractivity contribution in [3.8, 4) is 28.4 Å². The van der Waals surface area contributed by atoms with Crippen molar-refractivity contribution in [1.29, 1.82) is 0 Å². The molecule has 1 aliphatic rings. The van der Waals surface area contributed by atoms with Gasteiger partial charge in [0.1, 0.15) is 12.4 Å². The molecule has 4 rings (SSSR count). The topological polar surface area (TPSA) is 56.7 Å². The maximum absolute atomic E-state index is 5.83. The smallest absolute Gasteiger partial charge is 0.162 e. The van der Waals surface area contributed by atoms with E-state index in [1.165, 1.54) is 0 Å². The van der Waals surface area contributed by atoms with E-state index < -0.39 is 0 Å². The lowest BCUT2D eigenvalue weighted by molar-refractivity contribution is 0.311. The van der Waals surface area contributed by atoms with Crippen LogP contribution in [0.3, 0.4) is 0 Å². The minimum atomic E-state index is 0.636. The fraction of sp³-hybridized carbons (Fsp3) is 0.263. The van der Waals surface area contributed by atoms with Crippen molar-refractivity contribution < 1.29 is 14.2 Å². The Bertz CT molecular complexity index is 943. The highest BCUT2D eigenvalue weighted by Gasteiger charge is 2.17. The van der Waals surface area contributed by atoms with Crippen LogP contribution >= 0.6 is 0 Å². The van der Waals surface area contributed by atoms with Gasteiger partial charge >= 0.3 is 0 Å². The molecule has 0 atom stereocenters. The van der Waals surface area contributed by atoms with Gasteiger partial charge in [0.2, 0.25) is 0 Å². The molecule has 0 radical (unpaired) electrons. The molecule has 0 saturated carbocycles. The summed E-state index contributed by atoms with van der Waals surface area (Å²) in [6, 6.07) is 9.99. The van der Waals surface area contributed by atoms with Crippen LogP contribution in [-0.2, 0) is 0 Å². The predicted molar refractivity (Wildman–Crippen MR) is 96.8 cm³/mol. The number of likely N-dealkylation sites (N-methyl/N-ethyl adjacent to an activating group) is 1. The highest BCUT2D eigenvalue weighted by atomic mass is 16.5. The van der Waals surface area contributed by atoms with Crippen LogP contribution in [0.5, 0.6) is 17.2 Å². The van der Waals surface area contributed by atoms with Gasteiger partial charge in [0, 0.05) is 24.1 Å². The first-order chi connectivity index (χ1) is 12.2. The summed E-state index contributed by atoms with van der Waals surface area (Å²) in [5.74, 6) is 2.19. The Morgan fingerprint density at radius 2 is 1.88 bits per heavy atom. The van der Waals surface area contributed by atoms with Crippen LogP contribution in [0.15, 0.2) is 36.5 Å². The minimum absolute atomic E-state index is 0.636. The molecule has 6 heteroatoms. The SMILES string of the molecule is COc1cc2nncc(-c3ccc4c(c3)OCCN4C)c2cc1OC. The summed E-state index contributed by atoms with van der Waals surface area (Å²) in [5, 5.41) is 9.33. The molecule has 0 bridgehead atoms. The maximum Gasteiger partial charge on any atom is 0.162 e. The summed E-state index contributed by atoms with van der Waals surface area (Å²) in [6.07, 6.45) is 1.77. The van der Waals surface area contributed by atoms with Gasteiger partial charge in [-0.2, -0.15) is 10.2 Å². The highest BCUT2D eigenvalue weighted by Crippen LogP contribution is 2.39. The molecular formula is C19H19N3O3. The van der Waals surface area contributed by atoms with Crippen LogP contribution in [0.4, 0.5) is 5.69 Å². The van der Waals surface area contributed by atoms with Crippen LogP contribution in [0.2, 0.25) is 0 Å². The molecule has 25 heavy (non-hydrogen) atoms.